The molecule has 7 heteroatoms. The van der Waals surface area contributed by atoms with Crippen molar-refractivity contribution in [2.45, 2.75) is 4.90 Å². The largest absolute Gasteiger partial charge is 0.497 e. The molecule has 0 radical (unpaired) electrons. The first-order valence-corrected chi connectivity index (χ1v) is 8.69. The Hall–Kier alpha value is -2.80. The van der Waals surface area contributed by atoms with Gasteiger partial charge in [0.2, 0.25) is 9.84 Å². The molecule has 0 bridgehead atoms. The van der Waals surface area contributed by atoms with Gasteiger partial charge in [-0.05, 0) is 30.3 Å². The highest BCUT2D eigenvalue weighted by Gasteiger charge is 2.39. The van der Waals surface area contributed by atoms with E-state index in [9.17, 15) is 13.2 Å². The zero-order chi connectivity index (χ0) is 17.3. The quantitative estimate of drug-likeness (QED) is 0.886. The van der Waals surface area contributed by atoms with Crippen LogP contribution in [0.1, 0.15) is 5.56 Å². The van der Waals surface area contributed by atoms with Crippen LogP contribution in [0.3, 0.4) is 0 Å². The molecule has 124 valence electrons. The predicted molar refractivity (Wildman–Crippen MR) is 91.2 cm³/mol. The van der Waals surface area contributed by atoms with E-state index in [1.54, 1.807) is 49.6 Å². The first kappa shape index (κ1) is 16.1. The molecule has 0 aliphatic carbocycles. The van der Waals surface area contributed by atoms with Crippen molar-refractivity contribution in [1.29, 1.82) is 0 Å². The molecule has 0 fully saturated rings. The fourth-order valence-corrected chi connectivity index (χ4v) is 4.28. The summed E-state index contributed by atoms with van der Waals surface area (Å²) in [5, 5.41) is 5.45. The third-order valence-corrected chi connectivity index (χ3v) is 5.60. The zero-order valence-electron chi connectivity index (χ0n) is 13.2. The minimum absolute atomic E-state index is 0.125. The lowest BCUT2D eigenvalue weighted by atomic mass is 10.1. The highest BCUT2D eigenvalue weighted by molar-refractivity contribution is 7.97. The van der Waals surface area contributed by atoms with Crippen molar-refractivity contribution < 1.29 is 17.9 Å². The average Bonchev–Trinajstić information content (AvgIpc) is 2.82. The summed E-state index contributed by atoms with van der Waals surface area (Å²) in [4.78, 5) is 12.0. The zero-order valence-corrected chi connectivity index (χ0v) is 14.0. The second kappa shape index (κ2) is 6.01. The maximum Gasteiger partial charge on any atom is 0.265 e. The Kier molecular flexibility index (Phi) is 4.02. The number of rotatable bonds is 4. The van der Waals surface area contributed by atoms with Gasteiger partial charge < -0.3 is 15.4 Å². The summed E-state index contributed by atoms with van der Waals surface area (Å²) < 4.78 is 30.5. The van der Waals surface area contributed by atoms with Crippen LogP contribution in [0.2, 0.25) is 0 Å². The second-order valence-electron chi connectivity index (χ2n) is 5.14. The fraction of sp³-hybridized carbons (Fsp3) is 0.118. The molecular formula is C17H16N2O4S. The number of anilines is 1. The van der Waals surface area contributed by atoms with E-state index in [2.05, 4.69) is 10.6 Å². The number of ether oxygens (including phenoxy) is 1. The van der Waals surface area contributed by atoms with Crippen molar-refractivity contribution >= 4 is 27.1 Å². The van der Waals surface area contributed by atoms with Crippen LogP contribution in [0.25, 0.3) is 5.70 Å². The van der Waals surface area contributed by atoms with E-state index in [0.717, 1.165) is 0 Å². The Morgan fingerprint density at radius 3 is 2.33 bits per heavy atom. The van der Waals surface area contributed by atoms with Crippen molar-refractivity contribution in [2.75, 3.05) is 19.5 Å². The van der Waals surface area contributed by atoms with Crippen LogP contribution < -0.4 is 15.4 Å². The monoisotopic (exact) mass is 344 g/mol. The van der Waals surface area contributed by atoms with E-state index in [1.807, 2.05) is 0 Å². The van der Waals surface area contributed by atoms with Gasteiger partial charge in [0.05, 0.1) is 17.7 Å². The Morgan fingerprint density at radius 1 is 1.04 bits per heavy atom. The molecule has 2 aromatic rings. The summed E-state index contributed by atoms with van der Waals surface area (Å²) >= 11 is 0. The first-order chi connectivity index (χ1) is 11.5. The summed E-state index contributed by atoms with van der Waals surface area (Å²) in [5.74, 6) is 0.0303. The van der Waals surface area contributed by atoms with Gasteiger partial charge in [-0.25, -0.2) is 8.42 Å². The van der Waals surface area contributed by atoms with E-state index in [4.69, 9.17) is 4.74 Å². The normalized spacial score (nSPS) is 14.9. The van der Waals surface area contributed by atoms with Crippen molar-refractivity contribution in [3.63, 3.8) is 0 Å². The number of nitrogens with one attached hydrogen (secondary N) is 2. The smallest absolute Gasteiger partial charge is 0.265 e. The average molecular weight is 344 g/mol. The summed E-state index contributed by atoms with van der Waals surface area (Å²) in [6.07, 6.45) is 0. The van der Waals surface area contributed by atoms with Gasteiger partial charge in [0, 0.05) is 18.3 Å². The Balaban J connectivity index is 2.14. The standard InChI is InChI=1S/C17H16N2O4S/c1-18-17(20)16-15(19-11-7-9-12(23-2)10-8-11)13-5-3-4-6-14(13)24(16,21)22/h3-10,19H,1-2H3,(H,18,20). The SMILES string of the molecule is CNC(=O)C1=C(Nc2ccc(OC)cc2)c2ccccc2S1(=O)=O. The maximum absolute atomic E-state index is 12.7. The molecule has 2 aromatic carbocycles. The number of sulfone groups is 1. The lowest BCUT2D eigenvalue weighted by Gasteiger charge is -2.11. The number of amides is 1. The summed E-state index contributed by atoms with van der Waals surface area (Å²) in [6, 6.07) is 13.5. The van der Waals surface area contributed by atoms with E-state index in [-0.39, 0.29) is 15.5 Å². The molecule has 0 saturated heterocycles. The molecule has 0 atom stereocenters. The number of methoxy groups -OCH3 is 1. The van der Waals surface area contributed by atoms with Crippen LogP contribution in [-0.4, -0.2) is 28.5 Å². The molecule has 2 N–H and O–H groups in total. The summed E-state index contributed by atoms with van der Waals surface area (Å²) in [6.45, 7) is 0. The third-order valence-electron chi connectivity index (χ3n) is 3.73. The third kappa shape index (κ3) is 2.52. The highest BCUT2D eigenvalue weighted by Crippen LogP contribution is 2.39. The fourth-order valence-electron chi connectivity index (χ4n) is 2.57. The van der Waals surface area contributed by atoms with Crippen LogP contribution in [0.15, 0.2) is 58.3 Å². The second-order valence-corrected chi connectivity index (χ2v) is 6.99. The molecule has 24 heavy (non-hydrogen) atoms. The van der Waals surface area contributed by atoms with Gasteiger partial charge in [-0.2, -0.15) is 0 Å². The van der Waals surface area contributed by atoms with Gasteiger partial charge in [-0.15, -0.1) is 0 Å². The van der Waals surface area contributed by atoms with Crippen molar-refractivity contribution in [1.82, 2.24) is 5.32 Å². The minimum atomic E-state index is -3.86. The van der Waals surface area contributed by atoms with Gasteiger partial charge >= 0.3 is 0 Å². The molecular weight excluding hydrogens is 328 g/mol. The molecule has 1 amide bonds. The van der Waals surface area contributed by atoms with Crippen LogP contribution in [0, 0.1) is 0 Å². The van der Waals surface area contributed by atoms with Gasteiger partial charge in [-0.1, -0.05) is 18.2 Å². The number of fused-ring (bicyclic) bond motifs is 1. The van der Waals surface area contributed by atoms with Crippen molar-refractivity contribution in [2.24, 2.45) is 0 Å². The molecule has 1 aliphatic rings. The first-order valence-electron chi connectivity index (χ1n) is 7.21. The van der Waals surface area contributed by atoms with Crippen LogP contribution in [-0.2, 0) is 14.6 Å². The molecule has 1 heterocycles. The van der Waals surface area contributed by atoms with Gasteiger partial charge in [-0.3, -0.25) is 4.79 Å². The van der Waals surface area contributed by atoms with E-state index in [0.29, 0.717) is 17.0 Å². The minimum Gasteiger partial charge on any atom is -0.497 e. The summed E-state index contributed by atoms with van der Waals surface area (Å²) in [7, 11) is -0.894. The Morgan fingerprint density at radius 2 is 1.71 bits per heavy atom. The van der Waals surface area contributed by atoms with Crippen LogP contribution in [0.5, 0.6) is 5.75 Å². The highest BCUT2D eigenvalue weighted by atomic mass is 32.2. The van der Waals surface area contributed by atoms with Crippen LogP contribution in [0.4, 0.5) is 5.69 Å². The maximum atomic E-state index is 12.7. The number of hydrogen-bond donors (Lipinski definition) is 2. The van der Waals surface area contributed by atoms with Gasteiger partial charge in [0.1, 0.15) is 5.75 Å². The lowest BCUT2D eigenvalue weighted by Crippen LogP contribution is -2.24. The number of likely N-dealkylation sites (N-methyl/N-ethyl adjacent to an activating group) is 1. The Labute approximate surface area is 140 Å². The number of hydrogen-bond acceptors (Lipinski definition) is 5. The lowest BCUT2D eigenvalue weighted by molar-refractivity contribution is -0.116. The molecule has 6 nitrogen and oxygen atoms in total. The van der Waals surface area contributed by atoms with Gasteiger partial charge in [0.15, 0.2) is 4.91 Å². The van der Waals surface area contributed by atoms with Crippen molar-refractivity contribution in [3.05, 3.63) is 59.0 Å². The molecule has 1 aliphatic heterocycles. The molecule has 0 spiro atoms. The van der Waals surface area contributed by atoms with E-state index < -0.39 is 15.7 Å². The van der Waals surface area contributed by atoms with Crippen molar-refractivity contribution in [3.8, 4) is 5.75 Å². The molecule has 0 aromatic heterocycles. The number of carbonyl (C=O) groups excluding carboxylic acids is 1. The van der Waals surface area contributed by atoms with Gasteiger partial charge in [0.25, 0.3) is 5.91 Å². The molecule has 3 rings (SSSR count). The molecule has 0 unspecified atom stereocenters. The van der Waals surface area contributed by atoms with Crippen LogP contribution >= 0.6 is 0 Å². The number of carbonyl (C=O) groups is 1. The topological polar surface area (TPSA) is 84.5 Å². The van der Waals surface area contributed by atoms with E-state index >= 15 is 0 Å². The predicted octanol–water partition coefficient (Wildman–Crippen LogP) is 2.01. The molecule has 0 saturated carbocycles. The summed E-state index contributed by atoms with van der Waals surface area (Å²) in [5.41, 5.74) is 1.40. The number of benzene rings is 2. The Bertz CT molecular complexity index is 931. The van der Waals surface area contributed by atoms with E-state index in [1.165, 1.54) is 13.1 Å².